The molecule has 2 aromatic rings. The first-order valence-corrected chi connectivity index (χ1v) is 9.84. The molecule has 0 aromatic heterocycles. The predicted molar refractivity (Wildman–Crippen MR) is 91.3 cm³/mol. The average Bonchev–Trinajstić information content (AvgIpc) is 2.59. The van der Waals surface area contributed by atoms with Gasteiger partial charge in [0.05, 0.1) is 10.1 Å². The smallest absolute Gasteiger partial charge is 0.185 e. The van der Waals surface area contributed by atoms with Crippen molar-refractivity contribution in [1.82, 2.24) is 0 Å². The quantitative estimate of drug-likeness (QED) is 0.773. The highest BCUT2D eigenvalue weighted by atomic mass is 35.5. The first kappa shape index (κ1) is 18.3. The van der Waals surface area contributed by atoms with Gasteiger partial charge in [-0.3, -0.25) is 0 Å². The van der Waals surface area contributed by atoms with Crippen LogP contribution < -0.4 is 0 Å². The Morgan fingerprint density at radius 1 is 1.04 bits per heavy atom. The molecule has 3 nitrogen and oxygen atoms in total. The lowest BCUT2D eigenvalue weighted by atomic mass is 9.91. The van der Waals surface area contributed by atoms with Crippen molar-refractivity contribution in [2.24, 2.45) is 5.92 Å². The summed E-state index contributed by atoms with van der Waals surface area (Å²) in [6, 6.07) is 8.64. The van der Waals surface area contributed by atoms with Crippen molar-refractivity contribution in [2.75, 3.05) is 13.2 Å². The first-order chi connectivity index (χ1) is 11.9. The summed E-state index contributed by atoms with van der Waals surface area (Å²) in [7, 11) is -3.93. The maximum absolute atomic E-state index is 14.4. The topological polar surface area (TPSA) is 43.4 Å². The number of hydrogen-bond donors (Lipinski definition) is 0. The van der Waals surface area contributed by atoms with Gasteiger partial charge in [-0.15, -0.1) is 0 Å². The van der Waals surface area contributed by atoms with Crippen molar-refractivity contribution in [3.63, 3.8) is 0 Å². The van der Waals surface area contributed by atoms with Gasteiger partial charge in [-0.05, 0) is 61.2 Å². The van der Waals surface area contributed by atoms with E-state index in [-0.39, 0.29) is 16.4 Å². The van der Waals surface area contributed by atoms with Crippen LogP contribution in [0.3, 0.4) is 0 Å². The predicted octanol–water partition coefficient (Wildman–Crippen LogP) is 4.56. The molecule has 2 aromatic carbocycles. The fourth-order valence-electron chi connectivity index (χ4n) is 3.20. The molecule has 25 heavy (non-hydrogen) atoms. The van der Waals surface area contributed by atoms with E-state index in [9.17, 15) is 17.2 Å². The minimum absolute atomic E-state index is 0.0389. The molecule has 0 spiro atoms. The standard InChI is InChI=1S/C18H17ClF2O3S/c19-13-1-4-15(5-2-13)25(22,23)18(12-7-9-24-10-8-12)16-11-14(20)3-6-17(16)21/h1-6,11-12,18H,7-10H2. The van der Waals surface area contributed by atoms with Gasteiger partial charge in [0.25, 0.3) is 0 Å². The van der Waals surface area contributed by atoms with Gasteiger partial charge in [-0.25, -0.2) is 17.2 Å². The van der Waals surface area contributed by atoms with Crippen LogP contribution in [-0.4, -0.2) is 21.6 Å². The molecule has 0 bridgehead atoms. The summed E-state index contributed by atoms with van der Waals surface area (Å²) >= 11 is 5.83. The molecule has 3 rings (SSSR count). The highest BCUT2D eigenvalue weighted by molar-refractivity contribution is 7.91. The van der Waals surface area contributed by atoms with E-state index >= 15 is 0 Å². The van der Waals surface area contributed by atoms with E-state index in [2.05, 4.69) is 0 Å². The van der Waals surface area contributed by atoms with Crippen LogP contribution in [0.15, 0.2) is 47.4 Å². The Morgan fingerprint density at radius 2 is 1.68 bits per heavy atom. The lowest BCUT2D eigenvalue weighted by molar-refractivity contribution is 0.0646. The zero-order chi connectivity index (χ0) is 18.0. The molecule has 7 heteroatoms. The largest absolute Gasteiger partial charge is 0.381 e. The summed E-state index contributed by atoms with van der Waals surface area (Å²) in [5.41, 5.74) is -0.137. The van der Waals surface area contributed by atoms with Crippen molar-refractivity contribution in [3.05, 3.63) is 64.7 Å². The van der Waals surface area contributed by atoms with Gasteiger partial charge in [0.15, 0.2) is 9.84 Å². The van der Waals surface area contributed by atoms with E-state index in [0.29, 0.717) is 31.1 Å². The van der Waals surface area contributed by atoms with Crippen LogP contribution in [-0.2, 0) is 14.6 Å². The Labute approximate surface area is 150 Å². The number of hydrogen-bond acceptors (Lipinski definition) is 3. The van der Waals surface area contributed by atoms with Crippen LogP contribution >= 0.6 is 11.6 Å². The Balaban J connectivity index is 2.13. The van der Waals surface area contributed by atoms with E-state index in [0.717, 1.165) is 18.2 Å². The molecule has 1 unspecified atom stereocenters. The maximum Gasteiger partial charge on any atom is 0.185 e. The molecule has 1 fully saturated rings. The average molecular weight is 387 g/mol. The summed E-state index contributed by atoms with van der Waals surface area (Å²) in [6.07, 6.45) is 0.931. The highest BCUT2D eigenvalue weighted by Crippen LogP contribution is 2.41. The van der Waals surface area contributed by atoms with E-state index < -0.39 is 26.7 Å². The lowest BCUT2D eigenvalue weighted by Crippen LogP contribution is -2.28. The van der Waals surface area contributed by atoms with Gasteiger partial charge >= 0.3 is 0 Å². The van der Waals surface area contributed by atoms with Crippen molar-refractivity contribution in [3.8, 4) is 0 Å². The molecule has 1 atom stereocenters. The van der Waals surface area contributed by atoms with Crippen molar-refractivity contribution < 1.29 is 21.9 Å². The van der Waals surface area contributed by atoms with Gasteiger partial charge in [0.2, 0.25) is 0 Å². The molecule has 0 radical (unpaired) electrons. The molecular formula is C18H17ClF2O3S. The first-order valence-electron chi connectivity index (χ1n) is 7.92. The minimum Gasteiger partial charge on any atom is -0.381 e. The summed E-state index contributed by atoms with van der Waals surface area (Å²) in [4.78, 5) is 0.0389. The normalized spacial score (nSPS) is 17.4. The molecule has 0 saturated carbocycles. The van der Waals surface area contributed by atoms with Crippen LogP contribution in [0, 0.1) is 17.6 Å². The molecular weight excluding hydrogens is 370 g/mol. The summed E-state index contributed by atoms with van der Waals surface area (Å²) in [5.74, 6) is -1.75. The fraction of sp³-hybridized carbons (Fsp3) is 0.333. The maximum atomic E-state index is 14.4. The second kappa shape index (κ2) is 7.40. The van der Waals surface area contributed by atoms with Crippen molar-refractivity contribution in [2.45, 2.75) is 23.0 Å². The van der Waals surface area contributed by atoms with E-state index in [4.69, 9.17) is 16.3 Å². The number of sulfone groups is 1. The molecule has 0 N–H and O–H groups in total. The van der Waals surface area contributed by atoms with Gasteiger partial charge in [0.1, 0.15) is 11.6 Å². The van der Waals surface area contributed by atoms with Crippen LogP contribution in [0.4, 0.5) is 8.78 Å². The molecule has 1 heterocycles. The van der Waals surface area contributed by atoms with E-state index in [1.54, 1.807) is 0 Å². The number of halogens is 3. The zero-order valence-corrected chi connectivity index (χ0v) is 14.9. The molecule has 134 valence electrons. The third kappa shape index (κ3) is 3.86. The minimum atomic E-state index is -3.93. The van der Waals surface area contributed by atoms with Crippen molar-refractivity contribution in [1.29, 1.82) is 0 Å². The van der Waals surface area contributed by atoms with Crippen LogP contribution in [0.25, 0.3) is 0 Å². The molecule has 1 aliphatic rings. The SMILES string of the molecule is O=S(=O)(c1ccc(Cl)cc1)C(c1cc(F)ccc1F)C1CCOCC1. The zero-order valence-electron chi connectivity index (χ0n) is 13.3. The number of rotatable bonds is 4. The lowest BCUT2D eigenvalue weighted by Gasteiger charge is -2.30. The number of benzene rings is 2. The van der Waals surface area contributed by atoms with Crippen molar-refractivity contribution >= 4 is 21.4 Å². The second-order valence-electron chi connectivity index (χ2n) is 6.04. The van der Waals surface area contributed by atoms with Gasteiger partial charge in [-0.2, -0.15) is 0 Å². The Bertz CT molecular complexity index is 847. The summed E-state index contributed by atoms with van der Waals surface area (Å²) < 4.78 is 59.9. The van der Waals surface area contributed by atoms with Crippen LogP contribution in [0.1, 0.15) is 23.7 Å². The van der Waals surface area contributed by atoms with Gasteiger partial charge in [0, 0.05) is 23.8 Å². The number of ether oxygens (including phenoxy) is 1. The molecule has 1 aliphatic heterocycles. The Morgan fingerprint density at radius 3 is 2.32 bits per heavy atom. The van der Waals surface area contributed by atoms with Crippen LogP contribution in [0.2, 0.25) is 5.02 Å². The highest BCUT2D eigenvalue weighted by Gasteiger charge is 2.38. The van der Waals surface area contributed by atoms with E-state index in [1.165, 1.54) is 24.3 Å². The Kier molecular flexibility index (Phi) is 5.41. The van der Waals surface area contributed by atoms with Crippen LogP contribution in [0.5, 0.6) is 0 Å². The molecule has 0 amide bonds. The summed E-state index contributed by atoms with van der Waals surface area (Å²) in [5, 5.41) is -0.772. The molecule has 1 saturated heterocycles. The van der Waals surface area contributed by atoms with Gasteiger partial charge in [-0.1, -0.05) is 11.6 Å². The second-order valence-corrected chi connectivity index (χ2v) is 8.54. The third-order valence-corrected chi connectivity index (χ3v) is 6.92. The monoisotopic (exact) mass is 386 g/mol. The Hall–Kier alpha value is -1.50. The van der Waals surface area contributed by atoms with Gasteiger partial charge < -0.3 is 4.74 Å². The summed E-state index contributed by atoms with van der Waals surface area (Å²) in [6.45, 7) is 0.794. The molecule has 0 aliphatic carbocycles. The fourth-order valence-corrected chi connectivity index (χ4v) is 5.42. The van der Waals surface area contributed by atoms with E-state index in [1.807, 2.05) is 0 Å². The third-order valence-electron chi connectivity index (χ3n) is 4.44.